The first kappa shape index (κ1) is 65.0. The molecule has 0 saturated carbocycles. The fourth-order valence-corrected chi connectivity index (χ4v) is 12.5. The van der Waals surface area contributed by atoms with Crippen LogP contribution in [0.25, 0.3) is 0 Å². The summed E-state index contributed by atoms with van der Waals surface area (Å²) >= 11 is 0. The normalized spacial score (nSPS) is 35.7. The van der Waals surface area contributed by atoms with Crippen LogP contribution < -0.4 is 0 Å². The van der Waals surface area contributed by atoms with Crippen molar-refractivity contribution in [2.75, 3.05) is 33.6 Å². The Hall–Kier alpha value is -5.47. The zero-order chi connectivity index (χ0) is 62.1. The van der Waals surface area contributed by atoms with E-state index in [2.05, 4.69) is 53.7 Å². The largest absolute Gasteiger partial charge is 0.456 e. The van der Waals surface area contributed by atoms with Gasteiger partial charge in [0.2, 0.25) is 0 Å². The predicted molar refractivity (Wildman–Crippen MR) is 322 cm³/mol. The summed E-state index contributed by atoms with van der Waals surface area (Å²) in [4.78, 5) is 24.8. The van der Waals surface area contributed by atoms with Crippen molar-refractivity contribution in [2.45, 2.75) is 168 Å². The molecular formula is C70H91FO15. The summed E-state index contributed by atoms with van der Waals surface area (Å²) in [6.45, 7) is 22.7. The molecule has 22 unspecified atom stereocenters. The van der Waals surface area contributed by atoms with Gasteiger partial charge in [0.1, 0.15) is 24.4 Å². The number of ether oxygens (including phenoxy) is 12. The zero-order valence-corrected chi connectivity index (χ0v) is 51.4. The second-order valence-electron chi connectivity index (χ2n) is 23.8. The van der Waals surface area contributed by atoms with Gasteiger partial charge in [-0.2, -0.15) is 0 Å². The summed E-state index contributed by atoms with van der Waals surface area (Å²) in [5.41, 5.74) is 4.32. The number of hydrogen-bond donors (Lipinski definition) is 1. The lowest BCUT2D eigenvalue weighted by molar-refractivity contribution is -0.346. The highest BCUT2D eigenvalue weighted by molar-refractivity contribution is 5.90. The molecule has 0 radical (unpaired) electrons. The smallest absolute Gasteiger partial charge is 0.338 e. The number of rotatable bonds is 13. The van der Waals surface area contributed by atoms with Gasteiger partial charge in [0.15, 0.2) is 18.9 Å². The van der Waals surface area contributed by atoms with Crippen molar-refractivity contribution in [1.29, 1.82) is 0 Å². The van der Waals surface area contributed by atoms with Crippen LogP contribution in [-0.4, -0.2) is 130 Å². The van der Waals surface area contributed by atoms with Gasteiger partial charge in [-0.1, -0.05) is 176 Å². The number of hydrogen-bond acceptors (Lipinski definition) is 15. The van der Waals surface area contributed by atoms with Crippen LogP contribution in [0.3, 0.4) is 0 Å². The molecule has 6 heterocycles. The summed E-state index contributed by atoms with van der Waals surface area (Å²) in [5.74, 6) is 0.486. The van der Waals surface area contributed by atoms with Crippen molar-refractivity contribution in [3.8, 4) is 0 Å². The Kier molecular flexibility index (Phi) is 24.3. The number of carbonyl (C=O) groups is 2. The maximum absolute atomic E-state index is 12.7. The Bertz CT molecular complexity index is 2790. The fraction of sp³-hybridized carbons (Fsp3) is 0.543. The van der Waals surface area contributed by atoms with Crippen LogP contribution in [0.4, 0.5) is 4.39 Å². The standard InChI is InChI=1S/C31H40O7.C22H26O4.C16H22O4.CH3F/c1-18-19(2)27(37-29(32)23-12-8-6-9-13-23)22(5)35-25(18)16-33-30-21(4)20(3)28-26(36-30)17-34-31(38-28)24-14-10-7-11-15-24;1-15-20(23-13-17-9-5-3-6-10-17)16(2)25-19-14-24-22(26-21(15)19)18-11-7-4-8-12-18;1-10-11(2)15(12(3)19-14(10)9-17)20-16(18)13-7-5-4-6-8-13;1-2/h6-15,18-22,25-28,30-31H,16-17H2,1-5H3;3-12,15-16,19-22H,13-14H2,1-2H3;4-8,10-12,14-15,17H,9H2,1-3H3;1H3/i;;;1D. The minimum Gasteiger partial charge on any atom is -0.456 e. The molecule has 0 spiro atoms. The molecule has 5 aromatic carbocycles. The van der Waals surface area contributed by atoms with Gasteiger partial charge in [-0.05, 0) is 68.4 Å². The minimum absolute atomic E-state index is 0.00476. The molecule has 15 nitrogen and oxygen atoms in total. The second kappa shape index (κ2) is 32.1. The third kappa shape index (κ3) is 16.6. The van der Waals surface area contributed by atoms with Gasteiger partial charge in [0.25, 0.3) is 0 Å². The highest BCUT2D eigenvalue weighted by atomic mass is 19.1. The SMILES string of the molecule is CC1OC(CO)C(C)C(C)C1OC(=O)c1ccccc1.CC1OC(COC2OC3COC(c4ccccc4)OC3C(C)C2C)C(C)C(C)C1OC(=O)c1ccccc1.CC1OC2COC(c3ccccc3)OC2C(C)C1OCc1ccccc1.[2H]CF. The van der Waals surface area contributed by atoms with E-state index in [4.69, 9.17) is 58.2 Å². The first-order valence-corrected chi connectivity index (χ1v) is 30.5. The number of carbonyl (C=O) groups excluding carboxylic acids is 2. The van der Waals surface area contributed by atoms with Crippen molar-refractivity contribution < 1.29 is 77.3 Å². The number of halogens is 1. The van der Waals surface area contributed by atoms with E-state index in [1.54, 1.807) is 24.3 Å². The van der Waals surface area contributed by atoms with E-state index in [-0.39, 0.29) is 152 Å². The Morgan fingerprint density at radius 1 is 0.477 bits per heavy atom. The lowest BCUT2D eigenvalue weighted by Crippen LogP contribution is -2.57. The monoisotopic (exact) mass is 1190 g/mol. The van der Waals surface area contributed by atoms with E-state index >= 15 is 0 Å². The Morgan fingerprint density at radius 2 is 0.884 bits per heavy atom. The molecule has 0 bridgehead atoms. The Labute approximate surface area is 509 Å². The van der Waals surface area contributed by atoms with E-state index in [1.807, 2.05) is 143 Å². The maximum atomic E-state index is 12.7. The van der Waals surface area contributed by atoms with Crippen molar-refractivity contribution >= 4 is 11.9 Å². The molecular weight excluding hydrogens is 1100 g/mol. The van der Waals surface area contributed by atoms with Crippen molar-refractivity contribution in [3.05, 3.63) is 179 Å². The first-order valence-electron chi connectivity index (χ1n) is 31.2. The van der Waals surface area contributed by atoms with Crippen LogP contribution >= 0.6 is 0 Å². The molecule has 6 fully saturated rings. The molecule has 6 aliphatic heterocycles. The van der Waals surface area contributed by atoms with E-state index in [9.17, 15) is 19.1 Å². The molecule has 11 rings (SSSR count). The van der Waals surface area contributed by atoms with Crippen LogP contribution in [0.2, 0.25) is 0 Å². The van der Waals surface area contributed by atoms with Gasteiger partial charge >= 0.3 is 11.9 Å². The Balaban J connectivity index is 0.000000174. The third-order valence-electron chi connectivity index (χ3n) is 18.2. The van der Waals surface area contributed by atoms with E-state index in [0.29, 0.717) is 37.6 Å². The molecule has 6 aliphatic rings. The van der Waals surface area contributed by atoms with Gasteiger partial charge < -0.3 is 61.9 Å². The molecule has 16 heteroatoms. The topological polar surface area (TPSA) is 165 Å². The lowest BCUT2D eigenvalue weighted by atomic mass is 9.81. The average Bonchev–Trinajstić information content (AvgIpc) is 1.52. The highest BCUT2D eigenvalue weighted by Crippen LogP contribution is 2.42. The molecule has 468 valence electrons. The number of esters is 2. The number of fused-ring (bicyclic) bond motifs is 2. The van der Waals surface area contributed by atoms with Crippen LogP contribution in [-0.2, 0) is 63.4 Å². The molecule has 0 amide bonds. The first-order chi connectivity index (χ1) is 42.0. The van der Waals surface area contributed by atoms with E-state index < -0.39 is 7.15 Å². The molecule has 1 N–H and O–H groups in total. The number of benzene rings is 5. The van der Waals surface area contributed by atoms with E-state index in [1.165, 1.54) is 5.56 Å². The highest BCUT2D eigenvalue weighted by Gasteiger charge is 2.50. The molecule has 86 heavy (non-hydrogen) atoms. The van der Waals surface area contributed by atoms with Gasteiger partial charge in [0.05, 0.1) is 102 Å². The third-order valence-corrected chi connectivity index (χ3v) is 18.2. The summed E-state index contributed by atoms with van der Waals surface area (Å²) in [6, 6.07) is 48.4. The summed E-state index contributed by atoms with van der Waals surface area (Å²) in [7, 11) is -1.00. The van der Waals surface area contributed by atoms with Crippen LogP contribution in [0.15, 0.2) is 152 Å². The molecule has 22 atom stereocenters. The summed E-state index contributed by atoms with van der Waals surface area (Å²) < 4.78 is 88.8. The quantitative estimate of drug-likeness (QED) is 0.111. The van der Waals surface area contributed by atoms with E-state index in [0.717, 1.165) is 11.1 Å². The number of aliphatic hydroxyl groups is 1. The van der Waals surface area contributed by atoms with Gasteiger partial charge in [-0.3, -0.25) is 4.39 Å². The van der Waals surface area contributed by atoms with Crippen molar-refractivity contribution in [2.24, 2.45) is 41.4 Å². The Morgan fingerprint density at radius 3 is 1.36 bits per heavy atom. The van der Waals surface area contributed by atoms with Crippen molar-refractivity contribution in [1.82, 2.24) is 0 Å². The predicted octanol–water partition coefficient (Wildman–Crippen LogP) is 12.4. The average molecular weight is 1190 g/mol. The minimum atomic E-state index is -1.00. The maximum Gasteiger partial charge on any atom is 0.338 e. The van der Waals surface area contributed by atoms with Crippen LogP contribution in [0.5, 0.6) is 0 Å². The summed E-state index contributed by atoms with van der Waals surface area (Å²) in [5, 5.41) is 9.31. The van der Waals surface area contributed by atoms with Crippen molar-refractivity contribution in [3.63, 3.8) is 0 Å². The van der Waals surface area contributed by atoms with Crippen LogP contribution in [0, 0.1) is 41.4 Å². The van der Waals surface area contributed by atoms with Gasteiger partial charge in [0, 0.05) is 34.8 Å². The fourth-order valence-electron chi connectivity index (χ4n) is 12.5. The summed E-state index contributed by atoms with van der Waals surface area (Å²) in [6.07, 6.45) is -2.81. The van der Waals surface area contributed by atoms with Crippen LogP contribution in [0.1, 0.15) is 121 Å². The number of alkyl halides is 1. The molecule has 0 aromatic heterocycles. The lowest BCUT2D eigenvalue weighted by Gasteiger charge is -2.48. The zero-order valence-electron chi connectivity index (χ0n) is 52.4. The van der Waals surface area contributed by atoms with Gasteiger partial charge in [-0.15, -0.1) is 0 Å². The molecule has 6 saturated heterocycles. The number of aliphatic hydroxyl groups excluding tert-OH is 1. The molecule has 0 aliphatic carbocycles. The molecule has 5 aromatic rings. The van der Waals surface area contributed by atoms with Gasteiger partial charge in [-0.25, -0.2) is 9.59 Å². The second-order valence-corrected chi connectivity index (χ2v) is 23.8.